The highest BCUT2D eigenvalue weighted by atomic mass is 35.5. The fourth-order valence-corrected chi connectivity index (χ4v) is 4.25. The molecule has 1 heterocycles. The maximum Gasteiger partial charge on any atom is 0.335 e. The van der Waals surface area contributed by atoms with Crippen molar-refractivity contribution in [1.82, 2.24) is 9.78 Å². The molecule has 10 heteroatoms. The van der Waals surface area contributed by atoms with E-state index in [1.807, 2.05) is 0 Å². The maximum atomic E-state index is 13.6. The summed E-state index contributed by atoms with van der Waals surface area (Å²) in [6, 6.07) is 17.7. The average molecular weight is 565 g/mol. The first-order chi connectivity index (χ1) is 21.1. The molecule has 2 N–H and O–H groups in total. The number of aromatic carboxylic acids is 1. The highest BCUT2D eigenvalue weighted by Gasteiger charge is 2.26. The van der Waals surface area contributed by atoms with Gasteiger partial charge in [0.05, 0.1) is 18.2 Å². The second kappa shape index (κ2) is 12.4. The van der Waals surface area contributed by atoms with Crippen molar-refractivity contribution < 1.29 is 31.1 Å². The number of carboxylic acid groups (broad SMARTS) is 1. The van der Waals surface area contributed by atoms with E-state index in [1.54, 1.807) is 30.3 Å². The lowest BCUT2D eigenvalue weighted by Gasteiger charge is -2.20. The van der Waals surface area contributed by atoms with Gasteiger partial charge in [0.15, 0.2) is 5.78 Å². The number of halogens is 1. The molecule has 0 saturated heterocycles. The smallest absolute Gasteiger partial charge is 0.335 e. The number of nitrogens with zero attached hydrogens (tertiary/aromatic N) is 2. The van der Waals surface area contributed by atoms with Crippen molar-refractivity contribution in [1.29, 1.82) is 0 Å². The Hall–Kier alpha value is -4.76. The van der Waals surface area contributed by atoms with E-state index in [0.717, 1.165) is 16.8 Å². The zero-order valence-corrected chi connectivity index (χ0v) is 21.8. The maximum absolute atomic E-state index is 13.6. The molecule has 0 unspecified atom stereocenters. The first-order valence-corrected chi connectivity index (χ1v) is 12.2. The van der Waals surface area contributed by atoms with Crippen LogP contribution in [0.3, 0.4) is 0 Å². The summed E-state index contributed by atoms with van der Waals surface area (Å²) in [5, 5.41) is 16.2. The molecule has 0 saturated carbocycles. The van der Waals surface area contributed by atoms with Gasteiger partial charge in [-0.1, -0.05) is 48.8 Å². The lowest BCUT2D eigenvalue weighted by atomic mass is 9.97. The molecule has 0 aliphatic rings. The summed E-state index contributed by atoms with van der Waals surface area (Å²) < 4.78 is 44.8. The van der Waals surface area contributed by atoms with Gasteiger partial charge in [-0.05, 0) is 53.6 Å². The molecule has 0 radical (unpaired) electrons. The van der Waals surface area contributed by atoms with E-state index in [4.69, 9.17) is 28.3 Å². The number of methoxy groups -OCH3 is 1. The van der Waals surface area contributed by atoms with Gasteiger partial charge >= 0.3 is 5.97 Å². The predicted octanol–water partition coefficient (Wildman–Crippen LogP) is 5.29. The van der Waals surface area contributed by atoms with E-state index in [-0.39, 0.29) is 45.3 Å². The van der Waals surface area contributed by atoms with Crippen LogP contribution in [0.15, 0.2) is 83.7 Å². The highest BCUT2D eigenvalue weighted by Crippen LogP contribution is 2.33. The molecule has 0 bridgehead atoms. The van der Waals surface area contributed by atoms with Crippen LogP contribution in [0.2, 0.25) is 5.02 Å². The molecule has 0 fully saturated rings. The normalized spacial score (nSPS) is 14.0. The van der Waals surface area contributed by atoms with Crippen LogP contribution in [0.4, 0.5) is 5.69 Å². The highest BCUT2D eigenvalue weighted by molar-refractivity contribution is 6.31. The van der Waals surface area contributed by atoms with Gasteiger partial charge < -0.3 is 15.2 Å². The Kier molecular flexibility index (Phi) is 6.85. The number of nitrogens with one attached hydrogen (secondary N) is 1. The van der Waals surface area contributed by atoms with E-state index >= 15 is 0 Å². The number of carbonyl (C=O) groups is 3. The third-order valence-corrected chi connectivity index (χ3v) is 6.25. The van der Waals surface area contributed by atoms with Crippen LogP contribution in [0, 0.1) is 0 Å². The van der Waals surface area contributed by atoms with Gasteiger partial charge in [-0.15, -0.1) is 5.10 Å². The van der Waals surface area contributed by atoms with Gasteiger partial charge in [0, 0.05) is 42.0 Å². The number of benzene rings is 3. The lowest BCUT2D eigenvalue weighted by Crippen LogP contribution is -2.36. The van der Waals surface area contributed by atoms with Crippen LogP contribution in [0.25, 0.3) is 11.1 Å². The molecule has 0 aliphatic carbocycles. The summed E-state index contributed by atoms with van der Waals surface area (Å²) in [7, 11) is 1.23. The minimum atomic E-state index is -3.29. The van der Waals surface area contributed by atoms with Gasteiger partial charge in [0.25, 0.3) is 5.56 Å². The largest absolute Gasteiger partial charge is 0.480 e. The molecule has 9 nitrogen and oxygen atoms in total. The van der Waals surface area contributed by atoms with Gasteiger partial charge in [-0.2, -0.15) is 0 Å². The van der Waals surface area contributed by atoms with Gasteiger partial charge in [-0.3, -0.25) is 14.4 Å². The zero-order valence-electron chi connectivity index (χ0n) is 26.1. The molecule has 0 spiro atoms. The van der Waals surface area contributed by atoms with E-state index < -0.39 is 42.5 Å². The molecule has 40 heavy (non-hydrogen) atoms. The quantitative estimate of drug-likeness (QED) is 0.251. The monoisotopic (exact) mass is 564 g/mol. The Labute approximate surface area is 242 Å². The Morgan fingerprint density at radius 2 is 1.80 bits per heavy atom. The number of amides is 1. The number of hydrogen-bond donors (Lipinski definition) is 2. The minimum absolute atomic E-state index is 0.00891. The zero-order chi connectivity index (χ0) is 33.1. The molecule has 1 aromatic heterocycles. The van der Waals surface area contributed by atoms with Crippen molar-refractivity contribution in [2.24, 2.45) is 0 Å². The number of carboxylic acids is 1. The number of anilines is 1. The number of rotatable bonds is 10. The molecule has 204 valence electrons. The molecular formula is C30H26ClN3O6. The fourth-order valence-electron chi connectivity index (χ4n) is 4.07. The van der Waals surface area contributed by atoms with Crippen molar-refractivity contribution in [3.63, 3.8) is 0 Å². The third-order valence-electron chi connectivity index (χ3n) is 6.02. The first kappa shape index (κ1) is 22.1. The second-order valence-corrected chi connectivity index (χ2v) is 9.01. The number of ketones is 1. The Bertz CT molecular complexity index is 1810. The Balaban J connectivity index is 1.83. The molecule has 3 aromatic carbocycles. The number of aromatic nitrogens is 2. The molecular weight excluding hydrogens is 534 g/mol. The summed E-state index contributed by atoms with van der Waals surface area (Å²) in [5.41, 5.74) is -0.402. The second-order valence-electron chi connectivity index (χ2n) is 8.57. The summed E-state index contributed by atoms with van der Waals surface area (Å²) in [6.07, 6.45) is -3.26. The molecule has 1 atom stereocenters. The summed E-state index contributed by atoms with van der Waals surface area (Å²) in [4.78, 5) is 51.6. The van der Waals surface area contributed by atoms with Crippen molar-refractivity contribution in [3.05, 3.63) is 111 Å². The number of ether oxygens (including phenoxy) is 1. The van der Waals surface area contributed by atoms with Crippen LogP contribution in [0.1, 0.15) is 52.4 Å². The standard InChI is InChI=1S/C30H26ClN3O6/c1-3-26(35)22-14-11-20(31)16-23(22)24-17-27(36)34(33-29(24)40-2)25(15-18-7-5-4-6-8-18)28(37)32-21-12-9-19(10-13-21)30(38)39/h4-14,16-17,25H,3,15H2,1-2H3,(H,32,37)(H,38,39)/t25-/m0/s1/i1D3,3D2. The predicted molar refractivity (Wildman–Crippen MR) is 151 cm³/mol. The molecule has 4 aromatic rings. The van der Waals surface area contributed by atoms with E-state index in [1.165, 1.54) is 43.5 Å². The van der Waals surface area contributed by atoms with Gasteiger partial charge in [0.2, 0.25) is 11.8 Å². The summed E-state index contributed by atoms with van der Waals surface area (Å²) in [6.45, 7) is -3.29. The van der Waals surface area contributed by atoms with E-state index in [0.29, 0.717) is 5.56 Å². The Morgan fingerprint density at radius 3 is 2.45 bits per heavy atom. The average Bonchev–Trinajstić information content (AvgIpc) is 2.99. The minimum Gasteiger partial charge on any atom is -0.480 e. The van der Waals surface area contributed by atoms with Crippen LogP contribution < -0.4 is 15.6 Å². The molecule has 0 aliphatic heterocycles. The lowest BCUT2D eigenvalue weighted by molar-refractivity contribution is -0.119. The van der Waals surface area contributed by atoms with E-state index in [2.05, 4.69) is 10.4 Å². The van der Waals surface area contributed by atoms with Crippen LogP contribution >= 0.6 is 11.6 Å². The van der Waals surface area contributed by atoms with Crippen molar-refractivity contribution >= 4 is 34.9 Å². The third kappa shape index (κ3) is 6.27. The van der Waals surface area contributed by atoms with Gasteiger partial charge in [0.1, 0.15) is 6.04 Å². The van der Waals surface area contributed by atoms with Crippen molar-refractivity contribution in [3.8, 4) is 17.0 Å². The number of hydrogen-bond acceptors (Lipinski definition) is 6. The van der Waals surface area contributed by atoms with Crippen LogP contribution in [-0.4, -0.2) is 39.7 Å². The summed E-state index contributed by atoms with van der Waals surface area (Å²) in [5.74, 6) is -3.40. The van der Waals surface area contributed by atoms with Crippen molar-refractivity contribution in [2.45, 2.75) is 25.7 Å². The Morgan fingerprint density at radius 1 is 1.07 bits per heavy atom. The molecule has 4 rings (SSSR count). The number of Topliss-reactive ketones (excluding diaryl/α,β-unsaturated/α-hetero) is 1. The number of carbonyl (C=O) groups excluding carboxylic acids is 2. The van der Waals surface area contributed by atoms with Crippen LogP contribution in [0.5, 0.6) is 5.88 Å². The first-order valence-electron chi connectivity index (χ1n) is 14.3. The molecule has 1 amide bonds. The SMILES string of the molecule is [2H]C([2H])([2H])C([2H])([2H])C(=O)c1ccc(Cl)cc1-c1cc(=O)n([C@@H](Cc2ccccc2)C(=O)Nc2ccc(C(=O)O)cc2)nc1OC. The van der Waals surface area contributed by atoms with Gasteiger partial charge in [-0.25, -0.2) is 9.48 Å². The topological polar surface area (TPSA) is 128 Å². The summed E-state index contributed by atoms with van der Waals surface area (Å²) >= 11 is 6.18. The van der Waals surface area contributed by atoms with Crippen LogP contribution in [-0.2, 0) is 11.2 Å². The van der Waals surface area contributed by atoms with Crippen molar-refractivity contribution in [2.75, 3.05) is 12.4 Å². The van der Waals surface area contributed by atoms with E-state index in [9.17, 15) is 19.2 Å². The fraction of sp³-hybridized carbons (Fsp3) is 0.167.